The number of rotatable bonds is 9. The maximum absolute atomic E-state index is 13.4. The summed E-state index contributed by atoms with van der Waals surface area (Å²) in [5, 5.41) is 32.7. The molecular weight excluding hydrogens is 519 g/mol. The highest BCUT2D eigenvalue weighted by atomic mass is 35.5. The largest absolute Gasteiger partial charge is 0.390 e. The highest BCUT2D eigenvalue weighted by Crippen LogP contribution is 2.30. The van der Waals surface area contributed by atoms with Gasteiger partial charge in [0.2, 0.25) is 5.78 Å². The predicted molar refractivity (Wildman–Crippen MR) is 125 cm³/mol. The second kappa shape index (κ2) is 10.5. The second-order valence-corrected chi connectivity index (χ2v) is 9.89. The molecule has 36 heavy (non-hydrogen) atoms. The van der Waals surface area contributed by atoms with Crippen LogP contribution in [0.5, 0.6) is 0 Å². The lowest BCUT2D eigenvalue weighted by Gasteiger charge is -2.19. The van der Waals surface area contributed by atoms with Crippen LogP contribution in [-0.4, -0.2) is 69.0 Å². The molecule has 1 fully saturated rings. The molecule has 0 spiro atoms. The molecule has 2 aromatic heterocycles. The van der Waals surface area contributed by atoms with Gasteiger partial charge in [-0.15, -0.1) is 0 Å². The molecule has 0 aliphatic heterocycles. The topological polar surface area (TPSA) is 183 Å². The van der Waals surface area contributed by atoms with Gasteiger partial charge in [-0.25, -0.2) is 19.5 Å². The van der Waals surface area contributed by atoms with E-state index in [1.165, 1.54) is 35.4 Å². The Balaban J connectivity index is 1.47. The minimum atomic E-state index is -4.21. The van der Waals surface area contributed by atoms with Crippen molar-refractivity contribution in [1.29, 1.82) is 0 Å². The summed E-state index contributed by atoms with van der Waals surface area (Å²) in [5.41, 5.74) is 0.842. The van der Waals surface area contributed by atoms with Crippen molar-refractivity contribution in [3.05, 3.63) is 70.6 Å². The van der Waals surface area contributed by atoms with Crippen LogP contribution in [0.25, 0.3) is 0 Å². The molecular formula is C21H22ClFN6O6S. The fourth-order valence-corrected chi connectivity index (χ4v) is 4.50. The highest BCUT2D eigenvalue weighted by Gasteiger charge is 2.42. The Morgan fingerprint density at radius 3 is 2.81 bits per heavy atom. The Morgan fingerprint density at radius 2 is 2.08 bits per heavy atom. The lowest BCUT2D eigenvalue weighted by Crippen LogP contribution is -2.36. The number of nitrogens with zero attached hydrogens (tertiary/aromatic N) is 4. The molecule has 192 valence electrons. The zero-order valence-corrected chi connectivity index (χ0v) is 20.1. The van der Waals surface area contributed by atoms with Crippen molar-refractivity contribution in [3.63, 3.8) is 0 Å². The molecule has 15 heteroatoms. The van der Waals surface area contributed by atoms with Crippen LogP contribution >= 0.6 is 11.6 Å². The number of hydrogen-bond acceptors (Lipinski definition) is 10. The molecule has 2 heterocycles. The molecule has 0 radical (unpaired) electrons. The van der Waals surface area contributed by atoms with Crippen molar-refractivity contribution in [3.8, 4) is 0 Å². The van der Waals surface area contributed by atoms with Crippen LogP contribution in [-0.2, 0) is 21.0 Å². The van der Waals surface area contributed by atoms with E-state index in [2.05, 4.69) is 24.6 Å². The maximum atomic E-state index is 13.4. The fourth-order valence-electron chi connectivity index (χ4n) is 3.94. The Bertz CT molecular complexity index is 1370. The van der Waals surface area contributed by atoms with Gasteiger partial charge in [-0.2, -0.15) is 13.5 Å². The number of aliphatic hydroxyl groups is 2. The predicted octanol–water partition coefficient (Wildman–Crippen LogP) is 0.487. The normalized spacial score (nSPS) is 22.0. The van der Waals surface area contributed by atoms with Crippen LogP contribution in [0.3, 0.4) is 0 Å². The van der Waals surface area contributed by atoms with Crippen LogP contribution < -0.4 is 10.5 Å². The first-order valence-electron chi connectivity index (χ1n) is 10.6. The van der Waals surface area contributed by atoms with Gasteiger partial charge >= 0.3 is 10.3 Å². The molecule has 1 aromatic carbocycles. The molecule has 4 rings (SSSR count). The summed E-state index contributed by atoms with van der Waals surface area (Å²) >= 11 is 5.82. The molecule has 1 aliphatic carbocycles. The fraction of sp³-hybridized carbons (Fsp3) is 0.333. The van der Waals surface area contributed by atoms with Gasteiger partial charge in [0.15, 0.2) is 0 Å². The van der Waals surface area contributed by atoms with Crippen LogP contribution in [0.4, 0.5) is 10.2 Å². The SMILES string of the molecule is NS(=O)(=O)OC[C@H]1C[C@@H](Nc2ncncc2C(=O)c2ccn(Cc3ccc(F)c(Cl)c3)n2)[C@H](O)[C@@H]1O. The quantitative estimate of drug-likeness (QED) is 0.278. The number of carbonyl (C=O) groups is 1. The van der Waals surface area contributed by atoms with Gasteiger partial charge in [0.25, 0.3) is 0 Å². The van der Waals surface area contributed by atoms with E-state index in [1.54, 1.807) is 12.3 Å². The summed E-state index contributed by atoms with van der Waals surface area (Å²) in [6.45, 7) is -0.167. The minimum absolute atomic E-state index is 0.0224. The maximum Gasteiger partial charge on any atom is 0.333 e. The van der Waals surface area contributed by atoms with Gasteiger partial charge in [0.1, 0.15) is 29.8 Å². The van der Waals surface area contributed by atoms with E-state index < -0.39 is 52.7 Å². The Hall–Kier alpha value is -3.01. The molecule has 0 bridgehead atoms. The van der Waals surface area contributed by atoms with Crippen molar-refractivity contribution in [2.75, 3.05) is 11.9 Å². The molecule has 12 nitrogen and oxygen atoms in total. The number of aliphatic hydroxyl groups excluding tert-OH is 2. The van der Waals surface area contributed by atoms with Gasteiger partial charge in [0.05, 0.1) is 35.9 Å². The van der Waals surface area contributed by atoms with Gasteiger partial charge < -0.3 is 15.5 Å². The number of ketones is 1. The molecule has 0 saturated heterocycles. The number of benzene rings is 1. The lowest BCUT2D eigenvalue weighted by molar-refractivity contribution is 0.00778. The van der Waals surface area contributed by atoms with E-state index in [0.717, 1.165) is 0 Å². The second-order valence-electron chi connectivity index (χ2n) is 8.27. The summed E-state index contributed by atoms with van der Waals surface area (Å²) in [6, 6.07) is 5.00. The molecule has 5 N–H and O–H groups in total. The van der Waals surface area contributed by atoms with Crippen LogP contribution in [0.1, 0.15) is 28.0 Å². The molecule has 0 unspecified atom stereocenters. The third-order valence-corrected chi connectivity index (χ3v) is 6.48. The van der Waals surface area contributed by atoms with Crippen LogP contribution in [0, 0.1) is 11.7 Å². The first kappa shape index (κ1) is 26.1. The molecule has 0 amide bonds. The van der Waals surface area contributed by atoms with Crippen LogP contribution in [0.2, 0.25) is 5.02 Å². The van der Waals surface area contributed by atoms with Gasteiger partial charge in [-0.05, 0) is 30.2 Å². The van der Waals surface area contributed by atoms with Gasteiger partial charge in [-0.1, -0.05) is 17.7 Å². The Labute approximate surface area is 210 Å². The van der Waals surface area contributed by atoms with Crippen molar-refractivity contribution in [2.45, 2.75) is 31.2 Å². The summed E-state index contributed by atoms with van der Waals surface area (Å²) in [4.78, 5) is 21.1. The zero-order valence-electron chi connectivity index (χ0n) is 18.5. The summed E-state index contributed by atoms with van der Waals surface area (Å²) in [6.07, 6.45) is 1.60. The number of nitrogens with one attached hydrogen (secondary N) is 1. The molecule has 1 saturated carbocycles. The third kappa shape index (κ3) is 6.03. The standard InChI is InChI=1S/C21H22ClFN6O6S/c22-14-5-11(1-2-15(14)23)8-29-4-3-16(28-29)19(31)13-7-25-10-26-21(13)27-17-6-12(18(30)20(17)32)9-35-36(24,33)34/h1-5,7,10,12,17-18,20,30,32H,6,8-9H2,(H2,24,33,34)(H,25,26,27)/t12-,17-,18-,20+/m1/s1. The summed E-state index contributed by atoms with van der Waals surface area (Å²) < 4.78 is 41.5. The third-order valence-electron chi connectivity index (χ3n) is 5.73. The first-order valence-corrected chi connectivity index (χ1v) is 12.5. The van der Waals surface area contributed by atoms with E-state index in [9.17, 15) is 27.8 Å². The number of nitrogens with two attached hydrogens (primary N) is 1. The van der Waals surface area contributed by atoms with Crippen molar-refractivity contribution < 1.29 is 32.0 Å². The number of anilines is 1. The molecule has 1 aliphatic rings. The summed E-state index contributed by atoms with van der Waals surface area (Å²) in [5.74, 6) is -1.67. The van der Waals surface area contributed by atoms with E-state index in [4.69, 9.17) is 16.7 Å². The minimum Gasteiger partial charge on any atom is -0.390 e. The Morgan fingerprint density at radius 1 is 1.31 bits per heavy atom. The average Bonchev–Trinajstić information content (AvgIpc) is 3.40. The number of carbonyl (C=O) groups excluding carboxylic acids is 1. The van der Waals surface area contributed by atoms with Gasteiger partial charge in [0, 0.05) is 18.3 Å². The van der Waals surface area contributed by atoms with E-state index in [0.29, 0.717) is 5.56 Å². The number of aromatic nitrogens is 4. The van der Waals surface area contributed by atoms with E-state index in [-0.39, 0.29) is 35.1 Å². The first-order chi connectivity index (χ1) is 17.0. The molecule has 3 aromatic rings. The number of halogens is 2. The number of hydrogen-bond donors (Lipinski definition) is 4. The summed E-state index contributed by atoms with van der Waals surface area (Å²) in [7, 11) is -4.21. The zero-order chi connectivity index (χ0) is 26.0. The lowest BCUT2D eigenvalue weighted by atomic mass is 10.1. The van der Waals surface area contributed by atoms with E-state index >= 15 is 0 Å². The van der Waals surface area contributed by atoms with Crippen molar-refractivity contribution in [2.24, 2.45) is 11.1 Å². The smallest absolute Gasteiger partial charge is 0.333 e. The van der Waals surface area contributed by atoms with Crippen molar-refractivity contribution >= 4 is 33.5 Å². The average molecular weight is 541 g/mol. The monoisotopic (exact) mass is 540 g/mol. The van der Waals surface area contributed by atoms with Gasteiger partial charge in [-0.3, -0.25) is 13.7 Å². The molecule has 4 atom stereocenters. The Kier molecular flexibility index (Phi) is 7.63. The van der Waals surface area contributed by atoms with E-state index in [1.807, 2.05) is 0 Å². The van der Waals surface area contributed by atoms with Crippen LogP contribution in [0.15, 0.2) is 43.0 Å². The van der Waals surface area contributed by atoms with Crippen molar-refractivity contribution in [1.82, 2.24) is 19.7 Å². The highest BCUT2D eigenvalue weighted by molar-refractivity contribution is 7.84.